The molecule has 6 nitrogen and oxygen atoms in total. The summed E-state index contributed by atoms with van der Waals surface area (Å²) >= 11 is 0. The molecule has 1 atom stereocenters. The number of rotatable bonds is 5. The van der Waals surface area contributed by atoms with Crippen molar-refractivity contribution in [3.63, 3.8) is 0 Å². The van der Waals surface area contributed by atoms with Crippen molar-refractivity contribution in [2.24, 2.45) is 0 Å². The molecule has 1 heterocycles. The van der Waals surface area contributed by atoms with Crippen LogP contribution in [0.15, 0.2) is 0 Å². The highest BCUT2D eigenvalue weighted by Crippen LogP contribution is 2.17. The summed E-state index contributed by atoms with van der Waals surface area (Å²) in [5.74, 6) is -1.08. The van der Waals surface area contributed by atoms with E-state index in [4.69, 9.17) is 5.11 Å². The molecule has 2 amide bonds. The number of urea groups is 1. The first-order chi connectivity index (χ1) is 8.81. The Bertz CT molecular complexity index is 335. The van der Waals surface area contributed by atoms with Gasteiger partial charge in [-0.15, -0.1) is 0 Å². The molecule has 110 valence electrons. The van der Waals surface area contributed by atoms with E-state index in [0.29, 0.717) is 19.4 Å². The van der Waals surface area contributed by atoms with Crippen LogP contribution < -0.4 is 5.32 Å². The zero-order chi connectivity index (χ0) is 14.5. The Labute approximate surface area is 107 Å². The molecule has 0 saturated carbocycles. The van der Waals surface area contributed by atoms with Crippen molar-refractivity contribution < 1.29 is 32.6 Å². The minimum atomic E-state index is -4.40. The fourth-order valence-corrected chi connectivity index (χ4v) is 1.79. The molecule has 0 aromatic heterocycles. The van der Waals surface area contributed by atoms with Crippen LogP contribution in [0.2, 0.25) is 0 Å². The highest BCUT2D eigenvalue weighted by Gasteiger charge is 2.33. The van der Waals surface area contributed by atoms with Crippen LogP contribution in [-0.4, -0.2) is 60.5 Å². The molecular formula is C10H15F3N2O4. The number of carbonyl (C=O) groups is 2. The SMILES string of the molecule is O=C(O)[C@@H]1CCCN1C(=O)NCCOCC(F)(F)F. The Kier molecular flexibility index (Phi) is 5.40. The number of carboxylic acids is 1. The second-order valence-corrected chi connectivity index (χ2v) is 4.09. The lowest BCUT2D eigenvalue weighted by atomic mass is 10.2. The van der Waals surface area contributed by atoms with Gasteiger partial charge in [0.1, 0.15) is 12.6 Å². The second-order valence-electron chi connectivity index (χ2n) is 4.09. The Balaban J connectivity index is 2.22. The van der Waals surface area contributed by atoms with Crippen molar-refractivity contribution in [1.29, 1.82) is 0 Å². The number of carbonyl (C=O) groups excluding carboxylic acids is 1. The molecule has 0 radical (unpaired) electrons. The average molecular weight is 284 g/mol. The topological polar surface area (TPSA) is 78.9 Å². The van der Waals surface area contributed by atoms with Crippen molar-refractivity contribution in [2.45, 2.75) is 25.1 Å². The average Bonchev–Trinajstić information content (AvgIpc) is 2.75. The lowest BCUT2D eigenvalue weighted by Crippen LogP contribution is -2.46. The van der Waals surface area contributed by atoms with E-state index in [1.807, 2.05) is 0 Å². The molecule has 1 aliphatic heterocycles. The molecule has 0 aromatic carbocycles. The van der Waals surface area contributed by atoms with Crippen molar-refractivity contribution in [2.75, 3.05) is 26.3 Å². The molecule has 19 heavy (non-hydrogen) atoms. The number of hydrogen-bond donors (Lipinski definition) is 2. The summed E-state index contributed by atoms with van der Waals surface area (Å²) in [6.45, 7) is -1.43. The summed E-state index contributed by atoms with van der Waals surface area (Å²) < 4.78 is 39.5. The number of nitrogens with zero attached hydrogens (tertiary/aromatic N) is 1. The van der Waals surface area contributed by atoms with E-state index in [0.717, 1.165) is 4.90 Å². The quantitative estimate of drug-likeness (QED) is 0.733. The number of hydrogen-bond acceptors (Lipinski definition) is 3. The monoisotopic (exact) mass is 284 g/mol. The number of aliphatic carboxylic acids is 1. The van der Waals surface area contributed by atoms with E-state index < -0.39 is 30.8 Å². The molecule has 1 aliphatic rings. The van der Waals surface area contributed by atoms with Crippen LogP contribution in [0.4, 0.5) is 18.0 Å². The minimum absolute atomic E-state index is 0.0995. The van der Waals surface area contributed by atoms with E-state index in [9.17, 15) is 22.8 Å². The number of alkyl halides is 3. The third kappa shape index (κ3) is 5.33. The second kappa shape index (κ2) is 6.60. The van der Waals surface area contributed by atoms with E-state index in [-0.39, 0.29) is 13.2 Å². The van der Waals surface area contributed by atoms with Crippen molar-refractivity contribution in [1.82, 2.24) is 10.2 Å². The molecule has 0 unspecified atom stereocenters. The van der Waals surface area contributed by atoms with E-state index in [1.54, 1.807) is 0 Å². The first-order valence-corrected chi connectivity index (χ1v) is 5.73. The van der Waals surface area contributed by atoms with Gasteiger partial charge in [0.2, 0.25) is 0 Å². The predicted molar refractivity (Wildman–Crippen MR) is 57.6 cm³/mol. The van der Waals surface area contributed by atoms with E-state index in [1.165, 1.54) is 0 Å². The van der Waals surface area contributed by atoms with Gasteiger partial charge in [0.05, 0.1) is 6.61 Å². The number of ether oxygens (including phenoxy) is 1. The van der Waals surface area contributed by atoms with Gasteiger partial charge in [0, 0.05) is 13.1 Å². The van der Waals surface area contributed by atoms with Gasteiger partial charge in [-0.2, -0.15) is 13.2 Å². The zero-order valence-electron chi connectivity index (χ0n) is 10.1. The normalized spacial score (nSPS) is 19.5. The lowest BCUT2D eigenvalue weighted by Gasteiger charge is -2.21. The van der Waals surface area contributed by atoms with Crippen LogP contribution in [0.3, 0.4) is 0 Å². The fourth-order valence-electron chi connectivity index (χ4n) is 1.79. The highest BCUT2D eigenvalue weighted by molar-refractivity contribution is 5.83. The van der Waals surface area contributed by atoms with Gasteiger partial charge in [-0.3, -0.25) is 0 Å². The summed E-state index contributed by atoms with van der Waals surface area (Å²) in [6.07, 6.45) is -3.42. The Morgan fingerprint density at radius 1 is 1.42 bits per heavy atom. The Hall–Kier alpha value is -1.51. The number of carboxylic acid groups (broad SMARTS) is 1. The van der Waals surface area contributed by atoms with Crippen LogP contribution in [0, 0.1) is 0 Å². The number of halogens is 3. The third-order valence-electron chi connectivity index (χ3n) is 2.59. The Morgan fingerprint density at radius 2 is 2.11 bits per heavy atom. The smallest absolute Gasteiger partial charge is 0.411 e. The van der Waals surface area contributed by atoms with Crippen LogP contribution in [0.25, 0.3) is 0 Å². The molecule has 1 rings (SSSR count). The third-order valence-corrected chi connectivity index (χ3v) is 2.59. The molecule has 0 bridgehead atoms. The number of nitrogens with one attached hydrogen (secondary N) is 1. The van der Waals surface area contributed by atoms with Crippen LogP contribution in [0.5, 0.6) is 0 Å². The molecule has 2 N–H and O–H groups in total. The number of amides is 2. The van der Waals surface area contributed by atoms with E-state index >= 15 is 0 Å². The Morgan fingerprint density at radius 3 is 2.68 bits per heavy atom. The van der Waals surface area contributed by atoms with Crippen molar-refractivity contribution in [3.05, 3.63) is 0 Å². The van der Waals surface area contributed by atoms with Gasteiger partial charge >= 0.3 is 18.2 Å². The first kappa shape index (κ1) is 15.5. The van der Waals surface area contributed by atoms with Gasteiger partial charge in [0.25, 0.3) is 0 Å². The van der Waals surface area contributed by atoms with Crippen molar-refractivity contribution >= 4 is 12.0 Å². The first-order valence-electron chi connectivity index (χ1n) is 5.73. The van der Waals surface area contributed by atoms with E-state index in [2.05, 4.69) is 10.1 Å². The maximum absolute atomic E-state index is 11.7. The van der Waals surface area contributed by atoms with Gasteiger partial charge in [-0.05, 0) is 12.8 Å². The lowest BCUT2D eigenvalue weighted by molar-refractivity contribution is -0.173. The molecule has 9 heteroatoms. The predicted octanol–water partition coefficient (Wildman–Crippen LogP) is 0.824. The maximum Gasteiger partial charge on any atom is 0.411 e. The summed E-state index contributed by atoms with van der Waals surface area (Å²) in [5.41, 5.74) is 0. The maximum atomic E-state index is 11.7. The molecule has 1 fully saturated rings. The molecular weight excluding hydrogens is 269 g/mol. The zero-order valence-corrected chi connectivity index (χ0v) is 10.1. The minimum Gasteiger partial charge on any atom is -0.480 e. The molecule has 0 spiro atoms. The van der Waals surface area contributed by atoms with Crippen molar-refractivity contribution in [3.8, 4) is 0 Å². The standard InChI is InChI=1S/C10H15F3N2O4/c11-10(12,13)6-19-5-3-14-9(18)15-4-1-2-7(15)8(16)17/h7H,1-6H2,(H,14,18)(H,16,17)/t7-/m0/s1. The van der Waals surface area contributed by atoms with Crippen LogP contribution >= 0.6 is 0 Å². The fraction of sp³-hybridized carbons (Fsp3) is 0.800. The summed E-state index contributed by atoms with van der Waals surface area (Å²) in [5, 5.41) is 11.2. The van der Waals surface area contributed by atoms with Crippen LogP contribution in [0.1, 0.15) is 12.8 Å². The summed E-state index contributed by atoms with van der Waals surface area (Å²) in [7, 11) is 0. The largest absolute Gasteiger partial charge is 0.480 e. The van der Waals surface area contributed by atoms with Gasteiger partial charge in [0.15, 0.2) is 0 Å². The molecule has 1 saturated heterocycles. The summed E-state index contributed by atoms with van der Waals surface area (Å²) in [6, 6.07) is -1.46. The summed E-state index contributed by atoms with van der Waals surface area (Å²) in [4.78, 5) is 23.6. The van der Waals surface area contributed by atoms with Gasteiger partial charge in [-0.1, -0.05) is 0 Å². The number of likely N-dealkylation sites (tertiary alicyclic amines) is 1. The van der Waals surface area contributed by atoms with Gasteiger partial charge < -0.3 is 20.1 Å². The molecule has 0 aliphatic carbocycles. The highest BCUT2D eigenvalue weighted by atomic mass is 19.4. The molecule has 0 aromatic rings. The van der Waals surface area contributed by atoms with Crippen LogP contribution in [-0.2, 0) is 9.53 Å². The van der Waals surface area contributed by atoms with Gasteiger partial charge in [-0.25, -0.2) is 9.59 Å².